The first-order valence-electron chi connectivity index (χ1n) is 0. The van der Waals surface area contributed by atoms with E-state index in [0.29, 0.717) is 0 Å². The van der Waals surface area contributed by atoms with Crippen molar-refractivity contribution in [1.82, 2.24) is 0 Å². The molecule has 0 bridgehead atoms. The SMILES string of the molecule is [F-].[F-].[F-].[F-].[Pr+4]. The van der Waals surface area contributed by atoms with E-state index in [1.54, 1.807) is 0 Å². The average molecular weight is 217 g/mol. The summed E-state index contributed by atoms with van der Waals surface area (Å²) in [6.45, 7) is 0. The minimum atomic E-state index is 0. The normalized spacial score (nSPS) is 0. The molecule has 0 aliphatic heterocycles. The number of rotatable bonds is 0. The Kier molecular flexibility index (Phi) is 1930. The molecular weight excluding hydrogens is 217 g/mol. The first-order valence-corrected chi connectivity index (χ1v) is 0. The first kappa shape index (κ1) is 134. The maximum absolute atomic E-state index is 0. The van der Waals surface area contributed by atoms with Crippen molar-refractivity contribution in [2.75, 3.05) is 0 Å². The van der Waals surface area contributed by atoms with Gasteiger partial charge in [-0.3, -0.25) is 0 Å². The first-order chi connectivity index (χ1) is 0. The van der Waals surface area contributed by atoms with Crippen LogP contribution in [-0.2, 0) is 0 Å². The summed E-state index contributed by atoms with van der Waals surface area (Å²) in [5.41, 5.74) is 0. The number of hydrogen-bond donors (Lipinski definition) is 0. The smallest absolute Gasteiger partial charge is 1.00 e. The Labute approximate surface area is 59.7 Å². The quantitative estimate of drug-likeness (QED) is 0.353. The van der Waals surface area contributed by atoms with Gasteiger partial charge < -0.3 is 18.8 Å². The molecule has 0 aromatic rings. The monoisotopic (exact) mass is 217 g/mol. The molecule has 0 aliphatic carbocycles. The fourth-order valence-electron chi connectivity index (χ4n) is 0. The van der Waals surface area contributed by atoms with Crippen molar-refractivity contribution in [3.05, 3.63) is 0 Å². The van der Waals surface area contributed by atoms with Gasteiger partial charge in [-0.2, -0.15) is 0 Å². The van der Waals surface area contributed by atoms with Gasteiger partial charge >= 0.3 is 41.3 Å². The zero-order valence-electron chi connectivity index (χ0n) is 2.09. The molecule has 0 fully saturated rings. The van der Waals surface area contributed by atoms with Crippen LogP contribution in [-0.4, -0.2) is 0 Å². The van der Waals surface area contributed by atoms with Crippen molar-refractivity contribution in [3.8, 4) is 0 Å². The third kappa shape index (κ3) is 41.2. The minimum absolute atomic E-state index is 0. The van der Waals surface area contributed by atoms with Crippen molar-refractivity contribution >= 4 is 0 Å². The molecule has 5 heavy (non-hydrogen) atoms. The molecule has 0 aromatic heterocycles. The molecule has 0 aliphatic rings. The summed E-state index contributed by atoms with van der Waals surface area (Å²) in [7, 11) is 0. The van der Waals surface area contributed by atoms with E-state index in [2.05, 4.69) is 0 Å². The maximum atomic E-state index is 0. The summed E-state index contributed by atoms with van der Waals surface area (Å²) in [6, 6.07) is 0. The molecule has 0 unspecified atom stereocenters. The van der Waals surface area contributed by atoms with Crippen LogP contribution in [0.25, 0.3) is 0 Å². The van der Waals surface area contributed by atoms with Crippen LogP contribution < -0.4 is 18.8 Å². The Morgan fingerprint density at radius 3 is 0.400 bits per heavy atom. The molecule has 31 valence electrons. The van der Waals surface area contributed by atoms with E-state index in [-0.39, 0.29) is 60.1 Å². The third-order valence-corrected chi connectivity index (χ3v) is 0. The van der Waals surface area contributed by atoms with Crippen LogP contribution in [0.1, 0.15) is 0 Å². The second-order valence-corrected chi connectivity index (χ2v) is 0. The van der Waals surface area contributed by atoms with E-state index in [4.69, 9.17) is 0 Å². The van der Waals surface area contributed by atoms with Gasteiger partial charge in [-0.15, -0.1) is 0 Å². The largest absolute Gasteiger partial charge is 4.00 e. The third-order valence-electron chi connectivity index (χ3n) is 0. The summed E-state index contributed by atoms with van der Waals surface area (Å²) in [6.07, 6.45) is 0. The van der Waals surface area contributed by atoms with Gasteiger partial charge in [0.2, 0.25) is 0 Å². The topological polar surface area (TPSA) is 0 Å². The number of halogens is 4. The van der Waals surface area contributed by atoms with Crippen LogP contribution in [0.4, 0.5) is 0 Å². The molecule has 0 spiro atoms. The summed E-state index contributed by atoms with van der Waals surface area (Å²) in [5.74, 6) is 0. The van der Waals surface area contributed by atoms with Gasteiger partial charge in [0.05, 0.1) is 0 Å². The molecule has 5 heteroatoms. The Morgan fingerprint density at radius 2 is 0.400 bits per heavy atom. The molecule has 0 N–H and O–H groups in total. The Morgan fingerprint density at radius 1 is 0.400 bits per heavy atom. The Bertz CT molecular complexity index is 3.61. The predicted octanol–water partition coefficient (Wildman–Crippen LogP) is -12.0. The van der Waals surface area contributed by atoms with Crippen molar-refractivity contribution in [2.24, 2.45) is 0 Å². The molecule has 0 nitrogen and oxygen atoms in total. The van der Waals surface area contributed by atoms with E-state index in [9.17, 15) is 0 Å². The summed E-state index contributed by atoms with van der Waals surface area (Å²) >= 11 is 0. The predicted molar refractivity (Wildman–Crippen MR) is 0 cm³/mol. The van der Waals surface area contributed by atoms with Crippen LogP contribution in [0.3, 0.4) is 0 Å². The Hall–Kier alpha value is 1.08. The summed E-state index contributed by atoms with van der Waals surface area (Å²) in [4.78, 5) is 0. The molecule has 0 atom stereocenters. The molecule has 0 aromatic carbocycles. The van der Waals surface area contributed by atoms with E-state index in [1.165, 1.54) is 0 Å². The van der Waals surface area contributed by atoms with Crippen LogP contribution in [0.2, 0.25) is 0 Å². The second kappa shape index (κ2) is 72.2. The molecule has 0 saturated carbocycles. The molecule has 0 rings (SSSR count). The van der Waals surface area contributed by atoms with Gasteiger partial charge in [0.15, 0.2) is 0 Å². The second-order valence-electron chi connectivity index (χ2n) is 0. The fraction of sp³-hybridized carbons (Fsp3) is 0. The van der Waals surface area contributed by atoms with Crippen LogP contribution in [0.5, 0.6) is 0 Å². The van der Waals surface area contributed by atoms with Gasteiger partial charge in [0.25, 0.3) is 0 Å². The van der Waals surface area contributed by atoms with Gasteiger partial charge in [0, 0.05) is 0 Å². The van der Waals surface area contributed by atoms with Crippen LogP contribution in [0, 0.1) is 41.3 Å². The van der Waals surface area contributed by atoms with Crippen molar-refractivity contribution in [2.45, 2.75) is 0 Å². The molecule has 0 saturated heterocycles. The summed E-state index contributed by atoms with van der Waals surface area (Å²) in [5, 5.41) is 0. The van der Waals surface area contributed by atoms with Gasteiger partial charge in [0.1, 0.15) is 0 Å². The van der Waals surface area contributed by atoms with Gasteiger partial charge in [-0.1, -0.05) is 0 Å². The molecular formula is F4Pr. The molecule has 0 radical (unpaired) electrons. The van der Waals surface area contributed by atoms with Gasteiger partial charge in [-0.05, 0) is 0 Å². The van der Waals surface area contributed by atoms with Crippen LogP contribution >= 0.6 is 0 Å². The fourth-order valence-corrected chi connectivity index (χ4v) is 0. The van der Waals surface area contributed by atoms with Gasteiger partial charge in [-0.25, -0.2) is 0 Å². The van der Waals surface area contributed by atoms with E-state index >= 15 is 0 Å². The Balaban J connectivity index is 0. The van der Waals surface area contributed by atoms with E-state index < -0.39 is 0 Å². The minimum Gasteiger partial charge on any atom is -1.00 e. The molecule has 0 amide bonds. The average Bonchev–Trinajstić information content (AvgIpc) is 0. The zero-order valence-corrected chi connectivity index (χ0v) is 5.79. The standard InChI is InChI=1S/4FH.Pr/h4*1H;/q;;;;+4/p-4. The van der Waals surface area contributed by atoms with Crippen molar-refractivity contribution in [3.63, 3.8) is 0 Å². The summed E-state index contributed by atoms with van der Waals surface area (Å²) < 4.78 is 0. The maximum Gasteiger partial charge on any atom is 4.00 e. The number of hydrogen-bond acceptors (Lipinski definition) is 0. The van der Waals surface area contributed by atoms with E-state index in [0.717, 1.165) is 0 Å². The molecule has 0 heterocycles. The van der Waals surface area contributed by atoms with Crippen LogP contribution in [0.15, 0.2) is 0 Å². The zero-order chi connectivity index (χ0) is 0. The van der Waals surface area contributed by atoms with Crippen molar-refractivity contribution in [1.29, 1.82) is 0 Å². The van der Waals surface area contributed by atoms with Crippen molar-refractivity contribution < 1.29 is 60.1 Å². The van der Waals surface area contributed by atoms with E-state index in [1.807, 2.05) is 0 Å².